The Hall–Kier alpha value is -2.40. The number of ether oxygens (including phenoxy) is 3. The van der Waals surface area contributed by atoms with Gasteiger partial charge in [0.2, 0.25) is 0 Å². The number of rotatable bonds is 4. The highest BCUT2D eigenvalue weighted by molar-refractivity contribution is 5.58. The van der Waals surface area contributed by atoms with Gasteiger partial charge < -0.3 is 25.1 Å². The van der Waals surface area contributed by atoms with Crippen molar-refractivity contribution in [1.29, 1.82) is 0 Å². The molecule has 5 heteroatoms. The summed E-state index contributed by atoms with van der Waals surface area (Å²) in [5.41, 5.74) is 8.18. The minimum atomic E-state index is -0.0627. The normalized spacial score (nSPS) is 13.0. The van der Waals surface area contributed by atoms with Crippen molar-refractivity contribution >= 4 is 5.69 Å². The topological polar surface area (TPSA) is 73.9 Å². The third-order valence-electron chi connectivity index (χ3n) is 3.33. The molecule has 1 aliphatic heterocycles. The number of nitrogen functional groups attached to an aromatic ring is 1. The minimum absolute atomic E-state index is 0.0627. The third kappa shape index (κ3) is 2.87. The molecule has 0 amide bonds. The zero-order chi connectivity index (χ0) is 14.7. The van der Waals surface area contributed by atoms with Gasteiger partial charge in [-0.2, -0.15) is 0 Å². The van der Waals surface area contributed by atoms with Crippen LogP contribution in [0.2, 0.25) is 0 Å². The second-order valence-corrected chi connectivity index (χ2v) is 4.75. The SMILES string of the molecule is Nc1cc2c(cc1COc1ccccc1CO)OCCO2. The second-order valence-electron chi connectivity index (χ2n) is 4.75. The molecule has 0 radical (unpaired) electrons. The average Bonchev–Trinajstić information content (AvgIpc) is 2.53. The Morgan fingerprint density at radius 1 is 1.05 bits per heavy atom. The summed E-state index contributed by atoms with van der Waals surface area (Å²) in [6.07, 6.45) is 0. The van der Waals surface area contributed by atoms with Gasteiger partial charge in [0.15, 0.2) is 11.5 Å². The van der Waals surface area contributed by atoms with Crippen LogP contribution in [-0.4, -0.2) is 18.3 Å². The molecule has 1 aliphatic rings. The van der Waals surface area contributed by atoms with Gasteiger partial charge in [-0.15, -0.1) is 0 Å². The molecular weight excluding hydrogens is 270 g/mol. The zero-order valence-electron chi connectivity index (χ0n) is 11.5. The van der Waals surface area contributed by atoms with Gasteiger partial charge in [-0.3, -0.25) is 0 Å². The Labute approximate surface area is 122 Å². The van der Waals surface area contributed by atoms with Crippen molar-refractivity contribution in [3.8, 4) is 17.2 Å². The standard InChI is InChI=1S/C16H17NO4/c17-13-8-16-15(19-5-6-20-16)7-12(13)10-21-14-4-2-1-3-11(14)9-18/h1-4,7-8,18H,5-6,9-10,17H2. The van der Waals surface area contributed by atoms with E-state index in [0.29, 0.717) is 42.8 Å². The lowest BCUT2D eigenvalue weighted by molar-refractivity contribution is 0.171. The van der Waals surface area contributed by atoms with Gasteiger partial charge in [-0.05, 0) is 12.1 Å². The molecule has 0 bridgehead atoms. The molecule has 0 spiro atoms. The minimum Gasteiger partial charge on any atom is -0.488 e. The number of fused-ring (bicyclic) bond motifs is 1. The highest BCUT2D eigenvalue weighted by Crippen LogP contribution is 2.35. The first kappa shape index (κ1) is 13.6. The van der Waals surface area contributed by atoms with E-state index in [0.717, 1.165) is 11.1 Å². The van der Waals surface area contributed by atoms with Crippen LogP contribution in [0.4, 0.5) is 5.69 Å². The molecule has 0 unspecified atom stereocenters. The van der Waals surface area contributed by atoms with E-state index in [9.17, 15) is 5.11 Å². The van der Waals surface area contributed by atoms with Crippen molar-refractivity contribution < 1.29 is 19.3 Å². The zero-order valence-corrected chi connectivity index (χ0v) is 11.5. The summed E-state index contributed by atoms with van der Waals surface area (Å²) in [6.45, 7) is 1.31. The fourth-order valence-electron chi connectivity index (χ4n) is 2.20. The van der Waals surface area contributed by atoms with Crippen LogP contribution in [-0.2, 0) is 13.2 Å². The summed E-state index contributed by atoms with van der Waals surface area (Å²) < 4.78 is 16.8. The highest BCUT2D eigenvalue weighted by atomic mass is 16.6. The van der Waals surface area contributed by atoms with Crippen LogP contribution in [0.3, 0.4) is 0 Å². The van der Waals surface area contributed by atoms with Gasteiger partial charge in [0.05, 0.1) is 6.61 Å². The van der Waals surface area contributed by atoms with E-state index in [1.807, 2.05) is 30.3 Å². The predicted octanol–water partition coefficient (Wildman–Crippen LogP) is 2.11. The maximum absolute atomic E-state index is 9.29. The van der Waals surface area contributed by atoms with Crippen molar-refractivity contribution in [2.75, 3.05) is 18.9 Å². The number of hydrogen-bond donors (Lipinski definition) is 2. The summed E-state index contributed by atoms with van der Waals surface area (Å²) in [6, 6.07) is 11.0. The monoisotopic (exact) mass is 287 g/mol. The summed E-state index contributed by atoms with van der Waals surface area (Å²) in [4.78, 5) is 0. The molecule has 2 aromatic carbocycles. The first-order chi connectivity index (χ1) is 10.3. The molecule has 110 valence electrons. The molecule has 1 heterocycles. The van der Waals surface area contributed by atoms with Crippen LogP contribution in [0.25, 0.3) is 0 Å². The molecule has 5 nitrogen and oxygen atoms in total. The second kappa shape index (κ2) is 5.93. The molecule has 2 aromatic rings. The van der Waals surface area contributed by atoms with Crippen molar-refractivity contribution in [3.63, 3.8) is 0 Å². The van der Waals surface area contributed by atoms with E-state index in [4.69, 9.17) is 19.9 Å². The quantitative estimate of drug-likeness (QED) is 0.843. The molecule has 0 aliphatic carbocycles. The van der Waals surface area contributed by atoms with Crippen LogP contribution >= 0.6 is 0 Å². The highest BCUT2D eigenvalue weighted by Gasteiger charge is 2.15. The van der Waals surface area contributed by atoms with Crippen LogP contribution < -0.4 is 19.9 Å². The fraction of sp³-hybridized carbons (Fsp3) is 0.250. The van der Waals surface area contributed by atoms with Gasteiger partial charge in [-0.1, -0.05) is 18.2 Å². The first-order valence-electron chi connectivity index (χ1n) is 6.77. The van der Waals surface area contributed by atoms with Crippen molar-refractivity contribution in [1.82, 2.24) is 0 Å². The number of nitrogens with two attached hydrogens (primary N) is 1. The summed E-state index contributed by atoms with van der Waals surface area (Å²) in [5, 5.41) is 9.29. The van der Waals surface area contributed by atoms with Crippen LogP contribution in [0.1, 0.15) is 11.1 Å². The molecule has 0 saturated heterocycles. The molecule has 0 aromatic heterocycles. The predicted molar refractivity (Wildman–Crippen MR) is 78.5 cm³/mol. The van der Waals surface area contributed by atoms with E-state index in [-0.39, 0.29) is 6.61 Å². The van der Waals surface area contributed by atoms with Crippen LogP contribution in [0.5, 0.6) is 17.2 Å². The first-order valence-corrected chi connectivity index (χ1v) is 6.77. The smallest absolute Gasteiger partial charge is 0.163 e. The van der Waals surface area contributed by atoms with Gasteiger partial charge >= 0.3 is 0 Å². The number of aliphatic hydroxyl groups excluding tert-OH is 1. The average molecular weight is 287 g/mol. The van der Waals surface area contributed by atoms with E-state index in [1.165, 1.54) is 0 Å². The number of benzene rings is 2. The van der Waals surface area contributed by atoms with E-state index >= 15 is 0 Å². The third-order valence-corrected chi connectivity index (χ3v) is 3.33. The fourth-order valence-corrected chi connectivity index (χ4v) is 2.20. The summed E-state index contributed by atoms with van der Waals surface area (Å²) in [5.74, 6) is 2.00. The molecule has 0 saturated carbocycles. The van der Waals surface area contributed by atoms with Gasteiger partial charge in [0.25, 0.3) is 0 Å². The Morgan fingerprint density at radius 2 is 1.76 bits per heavy atom. The Morgan fingerprint density at radius 3 is 2.52 bits per heavy atom. The molecular formula is C16H17NO4. The van der Waals surface area contributed by atoms with Crippen LogP contribution in [0, 0.1) is 0 Å². The Bertz CT molecular complexity index is 642. The van der Waals surface area contributed by atoms with Crippen molar-refractivity contribution in [2.24, 2.45) is 0 Å². The van der Waals surface area contributed by atoms with E-state index in [2.05, 4.69) is 0 Å². The van der Waals surface area contributed by atoms with Crippen LogP contribution in [0.15, 0.2) is 36.4 Å². The maximum atomic E-state index is 9.29. The number of anilines is 1. The van der Waals surface area contributed by atoms with E-state index < -0.39 is 0 Å². The van der Waals surface area contributed by atoms with Gasteiger partial charge in [-0.25, -0.2) is 0 Å². The molecule has 21 heavy (non-hydrogen) atoms. The van der Waals surface area contributed by atoms with Crippen molar-refractivity contribution in [2.45, 2.75) is 13.2 Å². The lowest BCUT2D eigenvalue weighted by Gasteiger charge is -2.20. The summed E-state index contributed by atoms with van der Waals surface area (Å²) >= 11 is 0. The number of aliphatic hydroxyl groups is 1. The molecule has 0 atom stereocenters. The van der Waals surface area contributed by atoms with Crippen molar-refractivity contribution in [3.05, 3.63) is 47.5 Å². The maximum Gasteiger partial charge on any atom is 0.163 e. The number of hydrogen-bond acceptors (Lipinski definition) is 5. The molecule has 3 rings (SSSR count). The number of para-hydroxylation sites is 1. The molecule has 3 N–H and O–H groups in total. The van der Waals surface area contributed by atoms with Gasteiger partial charge in [0, 0.05) is 22.9 Å². The largest absolute Gasteiger partial charge is 0.488 e. The van der Waals surface area contributed by atoms with E-state index in [1.54, 1.807) is 6.07 Å². The Kier molecular flexibility index (Phi) is 3.83. The van der Waals surface area contributed by atoms with Gasteiger partial charge in [0.1, 0.15) is 25.6 Å². The summed E-state index contributed by atoms with van der Waals surface area (Å²) in [7, 11) is 0. The lowest BCUT2D eigenvalue weighted by atomic mass is 10.1. The lowest BCUT2D eigenvalue weighted by Crippen LogP contribution is -2.16. The molecule has 0 fully saturated rings. The Balaban J connectivity index is 1.79.